The monoisotopic (exact) mass is 263 g/mol. The first-order valence-corrected chi connectivity index (χ1v) is 6.40. The standard InChI is InChI=1S/C13H14FN3S/c1-8-6-16-13(17-7-8)18-11-5-3-4-10(14)12(11)9(2)15/h3-7,9H,15H2,1-2H3. The maximum Gasteiger partial charge on any atom is 0.192 e. The maximum absolute atomic E-state index is 13.7. The van der Waals surface area contributed by atoms with E-state index in [1.54, 1.807) is 25.4 Å². The third kappa shape index (κ3) is 2.86. The summed E-state index contributed by atoms with van der Waals surface area (Å²) in [5, 5.41) is 0.591. The van der Waals surface area contributed by atoms with E-state index in [0.717, 1.165) is 10.5 Å². The average molecular weight is 263 g/mol. The van der Waals surface area contributed by atoms with Gasteiger partial charge in [-0.15, -0.1) is 0 Å². The topological polar surface area (TPSA) is 51.8 Å². The third-order valence-corrected chi connectivity index (χ3v) is 3.40. The van der Waals surface area contributed by atoms with Crippen molar-refractivity contribution >= 4 is 11.8 Å². The zero-order valence-corrected chi connectivity index (χ0v) is 11.0. The first-order valence-electron chi connectivity index (χ1n) is 5.58. The molecular formula is C13H14FN3S. The van der Waals surface area contributed by atoms with E-state index in [0.29, 0.717) is 10.7 Å². The molecule has 0 fully saturated rings. The molecule has 0 saturated heterocycles. The number of hydrogen-bond donors (Lipinski definition) is 1. The fraction of sp³-hybridized carbons (Fsp3) is 0.231. The van der Waals surface area contributed by atoms with Gasteiger partial charge in [0.15, 0.2) is 5.16 Å². The van der Waals surface area contributed by atoms with Crippen molar-refractivity contribution in [2.75, 3.05) is 0 Å². The highest BCUT2D eigenvalue weighted by Gasteiger charge is 2.14. The van der Waals surface area contributed by atoms with E-state index < -0.39 is 0 Å². The SMILES string of the molecule is Cc1cnc(Sc2cccc(F)c2C(C)N)nc1. The van der Waals surface area contributed by atoms with E-state index in [-0.39, 0.29) is 11.9 Å². The summed E-state index contributed by atoms with van der Waals surface area (Å²) in [5.74, 6) is -0.290. The summed E-state index contributed by atoms with van der Waals surface area (Å²) in [5.41, 5.74) is 7.30. The Morgan fingerprint density at radius 3 is 2.56 bits per heavy atom. The molecule has 2 aromatic rings. The minimum Gasteiger partial charge on any atom is -0.324 e. The molecule has 0 saturated carbocycles. The second kappa shape index (κ2) is 5.46. The van der Waals surface area contributed by atoms with Gasteiger partial charge in [-0.05, 0) is 43.3 Å². The number of nitrogens with zero attached hydrogens (tertiary/aromatic N) is 2. The Morgan fingerprint density at radius 2 is 1.94 bits per heavy atom. The number of rotatable bonds is 3. The minimum absolute atomic E-state index is 0.290. The van der Waals surface area contributed by atoms with Crippen molar-refractivity contribution in [3.63, 3.8) is 0 Å². The molecule has 0 aliphatic heterocycles. The number of hydrogen-bond acceptors (Lipinski definition) is 4. The Balaban J connectivity index is 2.34. The summed E-state index contributed by atoms with van der Waals surface area (Å²) >= 11 is 1.32. The molecule has 1 aromatic heterocycles. The largest absolute Gasteiger partial charge is 0.324 e. The van der Waals surface area contributed by atoms with E-state index in [1.165, 1.54) is 17.8 Å². The number of nitrogens with two attached hydrogens (primary N) is 1. The number of aromatic nitrogens is 2. The Hall–Kier alpha value is -1.46. The molecule has 2 N–H and O–H groups in total. The highest BCUT2D eigenvalue weighted by Crippen LogP contribution is 2.32. The Kier molecular flexibility index (Phi) is 3.93. The molecule has 94 valence electrons. The van der Waals surface area contributed by atoms with Crippen LogP contribution in [-0.2, 0) is 0 Å². The van der Waals surface area contributed by atoms with Crippen LogP contribution in [0.3, 0.4) is 0 Å². The molecule has 0 radical (unpaired) electrons. The van der Waals surface area contributed by atoms with Gasteiger partial charge in [0, 0.05) is 28.9 Å². The third-order valence-electron chi connectivity index (χ3n) is 2.43. The van der Waals surface area contributed by atoms with Crippen LogP contribution in [-0.4, -0.2) is 9.97 Å². The van der Waals surface area contributed by atoms with E-state index in [4.69, 9.17) is 5.73 Å². The van der Waals surface area contributed by atoms with Gasteiger partial charge < -0.3 is 5.73 Å². The van der Waals surface area contributed by atoms with Crippen LogP contribution in [0.15, 0.2) is 40.6 Å². The lowest BCUT2D eigenvalue weighted by Gasteiger charge is -2.12. The fourth-order valence-electron chi connectivity index (χ4n) is 1.58. The Morgan fingerprint density at radius 1 is 1.28 bits per heavy atom. The highest BCUT2D eigenvalue weighted by atomic mass is 32.2. The number of benzene rings is 1. The molecular weight excluding hydrogens is 249 g/mol. The minimum atomic E-state index is -0.362. The van der Waals surface area contributed by atoms with Gasteiger partial charge in [-0.25, -0.2) is 14.4 Å². The van der Waals surface area contributed by atoms with Gasteiger partial charge in [-0.2, -0.15) is 0 Å². The van der Waals surface area contributed by atoms with Gasteiger partial charge >= 0.3 is 0 Å². The van der Waals surface area contributed by atoms with Crippen molar-refractivity contribution in [1.82, 2.24) is 9.97 Å². The van der Waals surface area contributed by atoms with Gasteiger partial charge in [-0.1, -0.05) is 6.07 Å². The number of aryl methyl sites for hydroxylation is 1. The van der Waals surface area contributed by atoms with E-state index >= 15 is 0 Å². The molecule has 0 spiro atoms. The molecule has 5 heteroatoms. The van der Waals surface area contributed by atoms with Crippen molar-refractivity contribution < 1.29 is 4.39 Å². The van der Waals surface area contributed by atoms with Crippen LogP contribution in [0.2, 0.25) is 0 Å². The van der Waals surface area contributed by atoms with Crippen LogP contribution in [0.1, 0.15) is 24.1 Å². The number of halogens is 1. The second-order valence-electron chi connectivity index (χ2n) is 4.09. The lowest BCUT2D eigenvalue weighted by atomic mass is 10.1. The zero-order chi connectivity index (χ0) is 13.1. The summed E-state index contributed by atoms with van der Waals surface area (Å²) in [7, 11) is 0. The van der Waals surface area contributed by atoms with Crippen LogP contribution in [0.4, 0.5) is 4.39 Å². The van der Waals surface area contributed by atoms with Crippen molar-refractivity contribution in [1.29, 1.82) is 0 Å². The first-order chi connectivity index (χ1) is 8.58. The molecule has 1 aromatic carbocycles. The van der Waals surface area contributed by atoms with Crippen molar-refractivity contribution in [3.8, 4) is 0 Å². The quantitative estimate of drug-likeness (QED) is 0.865. The zero-order valence-electron chi connectivity index (χ0n) is 10.2. The Bertz CT molecular complexity index is 540. The predicted octanol–water partition coefficient (Wildman–Crippen LogP) is 3.10. The molecule has 1 unspecified atom stereocenters. The molecule has 2 rings (SSSR count). The maximum atomic E-state index is 13.7. The summed E-state index contributed by atoms with van der Waals surface area (Å²) in [6.45, 7) is 3.68. The molecule has 1 atom stereocenters. The molecule has 0 aliphatic rings. The van der Waals surface area contributed by atoms with Crippen LogP contribution in [0, 0.1) is 12.7 Å². The first kappa shape index (κ1) is 13.0. The van der Waals surface area contributed by atoms with Crippen molar-refractivity contribution in [3.05, 3.63) is 47.5 Å². The molecule has 18 heavy (non-hydrogen) atoms. The summed E-state index contributed by atoms with van der Waals surface area (Å²) in [6, 6.07) is 4.55. The van der Waals surface area contributed by atoms with Crippen LogP contribution in [0.25, 0.3) is 0 Å². The fourth-order valence-corrected chi connectivity index (χ4v) is 2.53. The van der Waals surface area contributed by atoms with Gasteiger partial charge in [-0.3, -0.25) is 0 Å². The average Bonchev–Trinajstić information content (AvgIpc) is 2.32. The van der Waals surface area contributed by atoms with Gasteiger partial charge in [0.1, 0.15) is 5.82 Å². The Labute approximate surface area is 110 Å². The molecule has 1 heterocycles. The molecule has 0 amide bonds. The van der Waals surface area contributed by atoms with E-state index in [9.17, 15) is 4.39 Å². The normalized spacial score (nSPS) is 12.4. The lowest BCUT2D eigenvalue weighted by Crippen LogP contribution is -2.09. The lowest BCUT2D eigenvalue weighted by molar-refractivity contribution is 0.585. The van der Waals surface area contributed by atoms with Gasteiger partial charge in [0.05, 0.1) is 0 Å². The summed E-state index contributed by atoms with van der Waals surface area (Å²) in [4.78, 5) is 9.14. The molecule has 0 aliphatic carbocycles. The van der Waals surface area contributed by atoms with Crippen LogP contribution in [0.5, 0.6) is 0 Å². The van der Waals surface area contributed by atoms with Crippen LogP contribution < -0.4 is 5.73 Å². The molecule has 0 bridgehead atoms. The van der Waals surface area contributed by atoms with Gasteiger partial charge in [0.2, 0.25) is 0 Å². The van der Waals surface area contributed by atoms with E-state index in [2.05, 4.69) is 9.97 Å². The summed E-state index contributed by atoms with van der Waals surface area (Å²) in [6.07, 6.45) is 3.47. The van der Waals surface area contributed by atoms with Crippen molar-refractivity contribution in [2.45, 2.75) is 29.9 Å². The van der Waals surface area contributed by atoms with Crippen molar-refractivity contribution in [2.24, 2.45) is 5.73 Å². The van der Waals surface area contributed by atoms with E-state index in [1.807, 2.05) is 13.0 Å². The highest BCUT2D eigenvalue weighted by molar-refractivity contribution is 7.99. The summed E-state index contributed by atoms with van der Waals surface area (Å²) < 4.78 is 13.7. The smallest absolute Gasteiger partial charge is 0.192 e. The second-order valence-corrected chi connectivity index (χ2v) is 5.09. The van der Waals surface area contributed by atoms with Crippen LogP contribution >= 0.6 is 11.8 Å². The van der Waals surface area contributed by atoms with Gasteiger partial charge in [0.25, 0.3) is 0 Å². The molecule has 3 nitrogen and oxygen atoms in total. The predicted molar refractivity (Wildman–Crippen MR) is 69.9 cm³/mol.